The summed E-state index contributed by atoms with van der Waals surface area (Å²) >= 11 is 0. The van der Waals surface area contributed by atoms with Crippen molar-refractivity contribution < 1.29 is 18.3 Å². The summed E-state index contributed by atoms with van der Waals surface area (Å²) in [6, 6.07) is 2.81. The number of rotatable bonds is 3. The Morgan fingerprint density at radius 3 is 2.58 bits per heavy atom. The third-order valence-corrected chi connectivity index (χ3v) is 3.20. The van der Waals surface area contributed by atoms with E-state index in [2.05, 4.69) is 5.32 Å². The van der Waals surface area contributed by atoms with E-state index in [1.807, 2.05) is 4.90 Å². The van der Waals surface area contributed by atoms with Crippen LogP contribution in [0.4, 0.5) is 8.78 Å². The highest BCUT2D eigenvalue weighted by Crippen LogP contribution is 2.24. The third-order valence-electron chi connectivity index (χ3n) is 3.20. The van der Waals surface area contributed by atoms with Gasteiger partial charge in [-0.2, -0.15) is 0 Å². The van der Waals surface area contributed by atoms with E-state index in [1.165, 1.54) is 13.2 Å². The minimum Gasteiger partial charge on any atom is -0.468 e. The fraction of sp³-hybridized carbons (Fsp3) is 0.462. The Bertz CT molecular complexity index is 462. The van der Waals surface area contributed by atoms with Crippen molar-refractivity contribution in [3.8, 4) is 0 Å². The molecule has 1 aromatic carbocycles. The second-order valence-electron chi connectivity index (χ2n) is 4.39. The first-order valence-corrected chi connectivity index (χ1v) is 6.11. The average molecular weight is 270 g/mol. The van der Waals surface area contributed by atoms with Gasteiger partial charge in [-0.3, -0.25) is 4.90 Å². The SMILES string of the molecule is COC(=O)C(c1ccc(F)c(F)c1)N1CCNCC1. The number of carbonyl (C=O) groups excluding carboxylic acids is 1. The highest BCUT2D eigenvalue weighted by molar-refractivity contribution is 5.77. The van der Waals surface area contributed by atoms with Gasteiger partial charge in [0, 0.05) is 26.2 Å². The number of methoxy groups -OCH3 is 1. The van der Waals surface area contributed by atoms with Crippen molar-refractivity contribution in [1.82, 2.24) is 10.2 Å². The standard InChI is InChI=1S/C13H16F2N2O2/c1-19-13(18)12(17-6-4-16-5-7-17)9-2-3-10(14)11(15)8-9/h2-3,8,12,16H,4-7H2,1H3. The molecule has 1 unspecified atom stereocenters. The normalized spacial score (nSPS) is 18.1. The van der Waals surface area contributed by atoms with Gasteiger partial charge in [0.1, 0.15) is 6.04 Å². The molecule has 104 valence electrons. The molecular weight excluding hydrogens is 254 g/mol. The van der Waals surface area contributed by atoms with E-state index in [1.54, 1.807) is 0 Å². The number of piperazine rings is 1. The Morgan fingerprint density at radius 1 is 1.32 bits per heavy atom. The summed E-state index contributed by atoms with van der Waals surface area (Å²) in [6.07, 6.45) is 0. The van der Waals surface area contributed by atoms with Gasteiger partial charge in [-0.1, -0.05) is 6.07 Å². The largest absolute Gasteiger partial charge is 0.468 e. The van der Waals surface area contributed by atoms with Crippen LogP contribution in [-0.2, 0) is 9.53 Å². The van der Waals surface area contributed by atoms with Crippen LogP contribution in [0.3, 0.4) is 0 Å². The molecule has 1 atom stereocenters. The molecule has 0 bridgehead atoms. The first-order chi connectivity index (χ1) is 9.13. The zero-order valence-electron chi connectivity index (χ0n) is 10.7. The molecule has 0 amide bonds. The van der Waals surface area contributed by atoms with Crippen LogP contribution < -0.4 is 5.32 Å². The van der Waals surface area contributed by atoms with Gasteiger partial charge in [0.25, 0.3) is 0 Å². The lowest BCUT2D eigenvalue weighted by molar-refractivity contribution is -0.147. The van der Waals surface area contributed by atoms with Gasteiger partial charge in [-0.05, 0) is 17.7 Å². The smallest absolute Gasteiger partial charge is 0.327 e. The van der Waals surface area contributed by atoms with E-state index in [0.717, 1.165) is 25.2 Å². The lowest BCUT2D eigenvalue weighted by Crippen LogP contribution is -2.47. The molecule has 1 fully saturated rings. The molecule has 1 saturated heterocycles. The number of benzene rings is 1. The molecule has 1 aliphatic rings. The maximum atomic E-state index is 13.3. The molecule has 19 heavy (non-hydrogen) atoms. The molecular formula is C13H16F2N2O2. The van der Waals surface area contributed by atoms with Crippen LogP contribution in [0.1, 0.15) is 11.6 Å². The molecule has 1 aromatic rings. The van der Waals surface area contributed by atoms with Crippen molar-refractivity contribution in [2.75, 3.05) is 33.3 Å². The van der Waals surface area contributed by atoms with Gasteiger partial charge < -0.3 is 10.1 Å². The molecule has 0 saturated carbocycles. The summed E-state index contributed by atoms with van der Waals surface area (Å²) in [7, 11) is 1.29. The van der Waals surface area contributed by atoms with Gasteiger partial charge in [-0.15, -0.1) is 0 Å². The summed E-state index contributed by atoms with van der Waals surface area (Å²) in [5.41, 5.74) is 0.410. The maximum Gasteiger partial charge on any atom is 0.327 e. The van der Waals surface area contributed by atoms with Gasteiger partial charge in [0.05, 0.1) is 7.11 Å². The van der Waals surface area contributed by atoms with E-state index in [-0.39, 0.29) is 0 Å². The predicted octanol–water partition coefficient (Wildman–Crippen LogP) is 1.08. The van der Waals surface area contributed by atoms with Crippen LogP contribution >= 0.6 is 0 Å². The van der Waals surface area contributed by atoms with Gasteiger partial charge in [0.2, 0.25) is 0 Å². The van der Waals surface area contributed by atoms with Gasteiger partial charge >= 0.3 is 5.97 Å². The third kappa shape index (κ3) is 3.08. The summed E-state index contributed by atoms with van der Waals surface area (Å²) in [5.74, 6) is -2.35. The highest BCUT2D eigenvalue weighted by atomic mass is 19.2. The number of hydrogen-bond acceptors (Lipinski definition) is 4. The number of hydrogen-bond donors (Lipinski definition) is 1. The van der Waals surface area contributed by atoms with E-state index in [0.29, 0.717) is 18.7 Å². The molecule has 4 nitrogen and oxygen atoms in total. The Kier molecular flexibility index (Phi) is 4.44. The fourth-order valence-electron chi connectivity index (χ4n) is 2.23. The van der Waals surface area contributed by atoms with Crippen molar-refractivity contribution in [1.29, 1.82) is 0 Å². The van der Waals surface area contributed by atoms with Crippen molar-refractivity contribution >= 4 is 5.97 Å². The number of nitrogens with one attached hydrogen (secondary N) is 1. The average Bonchev–Trinajstić information content (AvgIpc) is 2.44. The molecule has 1 aliphatic heterocycles. The molecule has 0 aliphatic carbocycles. The molecule has 0 spiro atoms. The van der Waals surface area contributed by atoms with E-state index < -0.39 is 23.6 Å². The van der Waals surface area contributed by atoms with Gasteiger partial charge in [-0.25, -0.2) is 13.6 Å². The van der Waals surface area contributed by atoms with Crippen LogP contribution in [0, 0.1) is 11.6 Å². The quantitative estimate of drug-likeness (QED) is 0.835. The zero-order valence-corrected chi connectivity index (χ0v) is 10.7. The fourth-order valence-corrected chi connectivity index (χ4v) is 2.23. The number of halogens is 2. The molecule has 1 heterocycles. The Labute approximate surface area is 110 Å². The van der Waals surface area contributed by atoms with Crippen LogP contribution in [-0.4, -0.2) is 44.2 Å². The van der Waals surface area contributed by atoms with E-state index in [9.17, 15) is 13.6 Å². The Balaban J connectivity index is 2.30. The monoisotopic (exact) mass is 270 g/mol. The van der Waals surface area contributed by atoms with Crippen molar-refractivity contribution in [2.24, 2.45) is 0 Å². The molecule has 6 heteroatoms. The number of esters is 1. The summed E-state index contributed by atoms with van der Waals surface area (Å²) in [4.78, 5) is 13.8. The summed E-state index contributed by atoms with van der Waals surface area (Å²) in [5, 5.41) is 3.17. The molecule has 0 radical (unpaired) electrons. The molecule has 1 N–H and O–H groups in total. The zero-order chi connectivity index (χ0) is 13.8. The van der Waals surface area contributed by atoms with Crippen molar-refractivity contribution in [3.05, 3.63) is 35.4 Å². The number of nitrogens with zero attached hydrogens (tertiary/aromatic N) is 1. The Hall–Kier alpha value is -1.53. The van der Waals surface area contributed by atoms with E-state index >= 15 is 0 Å². The molecule has 0 aromatic heterocycles. The number of carbonyl (C=O) groups is 1. The maximum absolute atomic E-state index is 13.3. The van der Waals surface area contributed by atoms with Gasteiger partial charge in [0.15, 0.2) is 11.6 Å². The summed E-state index contributed by atoms with van der Waals surface area (Å²) < 4.78 is 31.1. The lowest BCUT2D eigenvalue weighted by Gasteiger charge is -2.33. The van der Waals surface area contributed by atoms with Crippen LogP contribution in [0.25, 0.3) is 0 Å². The minimum atomic E-state index is -0.957. The van der Waals surface area contributed by atoms with Crippen LogP contribution in [0.5, 0.6) is 0 Å². The first kappa shape index (κ1) is 13.9. The van der Waals surface area contributed by atoms with Crippen LogP contribution in [0.2, 0.25) is 0 Å². The summed E-state index contributed by atoms with van der Waals surface area (Å²) in [6.45, 7) is 2.80. The second kappa shape index (κ2) is 6.08. The van der Waals surface area contributed by atoms with Crippen molar-refractivity contribution in [3.63, 3.8) is 0 Å². The first-order valence-electron chi connectivity index (χ1n) is 6.11. The second-order valence-corrected chi connectivity index (χ2v) is 4.39. The minimum absolute atomic E-state index is 0.410. The molecule has 2 rings (SSSR count). The van der Waals surface area contributed by atoms with E-state index in [4.69, 9.17) is 4.74 Å². The lowest BCUT2D eigenvalue weighted by atomic mass is 10.0. The number of ether oxygens (including phenoxy) is 1. The topological polar surface area (TPSA) is 41.6 Å². The van der Waals surface area contributed by atoms with Crippen molar-refractivity contribution in [2.45, 2.75) is 6.04 Å². The predicted molar refractivity (Wildman–Crippen MR) is 65.6 cm³/mol. The Morgan fingerprint density at radius 2 is 2.00 bits per heavy atom. The van der Waals surface area contributed by atoms with Crippen LogP contribution in [0.15, 0.2) is 18.2 Å². The highest BCUT2D eigenvalue weighted by Gasteiger charge is 2.30.